The average molecular weight is 365 g/mol. The smallest absolute Gasteiger partial charge is 0.0522 e. The summed E-state index contributed by atoms with van der Waals surface area (Å²) in [6.07, 6.45) is 2.67. The molecule has 3 rings (SSSR count). The molecular weight excluding hydrogens is 344 g/mol. The lowest BCUT2D eigenvalue weighted by Gasteiger charge is -2.23. The van der Waals surface area contributed by atoms with Crippen molar-refractivity contribution in [3.8, 4) is 0 Å². The van der Waals surface area contributed by atoms with Gasteiger partial charge in [0.05, 0.1) is 6.54 Å². The average Bonchev–Trinajstić information content (AvgIpc) is 3.18. The topological polar surface area (TPSA) is 15.3 Å². The molecule has 21 heavy (non-hydrogen) atoms. The molecule has 0 atom stereocenters. The predicted octanol–water partition coefficient (Wildman–Crippen LogP) is 4.79. The number of anilines is 1. The molecule has 0 aliphatic heterocycles. The molecule has 4 heteroatoms. The Labute approximate surface area is 139 Å². The van der Waals surface area contributed by atoms with Crippen LogP contribution in [0.2, 0.25) is 0 Å². The number of nitrogens with one attached hydrogen (secondary N) is 1. The molecule has 0 unspecified atom stereocenters. The van der Waals surface area contributed by atoms with Crippen molar-refractivity contribution in [3.63, 3.8) is 0 Å². The van der Waals surface area contributed by atoms with E-state index in [1.54, 1.807) is 0 Å². The van der Waals surface area contributed by atoms with Gasteiger partial charge >= 0.3 is 0 Å². The summed E-state index contributed by atoms with van der Waals surface area (Å²) in [6.45, 7) is 5.18. The highest BCUT2D eigenvalue weighted by atomic mass is 79.9. The van der Waals surface area contributed by atoms with Gasteiger partial charge in [-0.05, 0) is 48.9 Å². The summed E-state index contributed by atoms with van der Waals surface area (Å²) >= 11 is 5.55. The van der Waals surface area contributed by atoms with Crippen molar-refractivity contribution in [2.45, 2.75) is 38.9 Å². The van der Waals surface area contributed by atoms with Gasteiger partial charge < -0.3 is 10.2 Å². The SMILES string of the molecule is CCN(Cc1cccs1)c1ccc(CNC2CC2)c(Br)c1. The molecule has 1 aromatic carbocycles. The van der Waals surface area contributed by atoms with Crippen LogP contribution in [0.5, 0.6) is 0 Å². The first kappa shape index (κ1) is 15.1. The van der Waals surface area contributed by atoms with Gasteiger partial charge in [-0.15, -0.1) is 11.3 Å². The molecule has 1 aliphatic carbocycles. The summed E-state index contributed by atoms with van der Waals surface area (Å²) in [6, 6.07) is 11.8. The minimum atomic E-state index is 0.752. The Morgan fingerprint density at radius 2 is 2.19 bits per heavy atom. The Bertz CT molecular complexity index is 578. The van der Waals surface area contributed by atoms with Crippen molar-refractivity contribution < 1.29 is 0 Å². The number of rotatable bonds is 7. The van der Waals surface area contributed by atoms with Crippen molar-refractivity contribution in [2.24, 2.45) is 0 Å². The van der Waals surface area contributed by atoms with Crippen molar-refractivity contribution >= 4 is 33.0 Å². The second-order valence-electron chi connectivity index (χ2n) is 5.52. The first-order valence-electron chi connectivity index (χ1n) is 7.55. The van der Waals surface area contributed by atoms with Gasteiger partial charge in [0.1, 0.15) is 0 Å². The molecule has 0 amide bonds. The van der Waals surface area contributed by atoms with E-state index in [0.29, 0.717) is 0 Å². The third-order valence-corrected chi connectivity index (χ3v) is 5.47. The van der Waals surface area contributed by atoms with E-state index in [1.807, 2.05) is 11.3 Å². The Balaban J connectivity index is 1.69. The van der Waals surface area contributed by atoms with Crippen LogP contribution in [0.4, 0.5) is 5.69 Å². The lowest BCUT2D eigenvalue weighted by atomic mass is 10.2. The molecule has 0 spiro atoms. The molecule has 2 aromatic rings. The molecule has 1 aliphatic rings. The lowest BCUT2D eigenvalue weighted by molar-refractivity contribution is 0.686. The minimum Gasteiger partial charge on any atom is -0.367 e. The Hall–Kier alpha value is -0.840. The maximum absolute atomic E-state index is 3.73. The molecule has 112 valence electrons. The van der Waals surface area contributed by atoms with Gasteiger partial charge in [-0.2, -0.15) is 0 Å². The van der Waals surface area contributed by atoms with Crippen LogP contribution in [-0.4, -0.2) is 12.6 Å². The fraction of sp³-hybridized carbons (Fsp3) is 0.412. The molecule has 2 nitrogen and oxygen atoms in total. The Morgan fingerprint density at radius 1 is 1.33 bits per heavy atom. The maximum Gasteiger partial charge on any atom is 0.0522 e. The van der Waals surface area contributed by atoms with E-state index in [0.717, 1.165) is 25.7 Å². The largest absolute Gasteiger partial charge is 0.367 e. The number of hydrogen-bond donors (Lipinski definition) is 1. The van der Waals surface area contributed by atoms with Crippen molar-refractivity contribution in [3.05, 3.63) is 50.6 Å². The molecule has 0 saturated heterocycles. The molecule has 0 bridgehead atoms. The maximum atomic E-state index is 3.73. The second-order valence-corrected chi connectivity index (χ2v) is 7.41. The molecular formula is C17H21BrN2S. The molecule has 1 saturated carbocycles. The van der Waals surface area contributed by atoms with E-state index >= 15 is 0 Å². The zero-order chi connectivity index (χ0) is 14.7. The van der Waals surface area contributed by atoms with Gasteiger partial charge in [0.15, 0.2) is 0 Å². The first-order valence-corrected chi connectivity index (χ1v) is 9.22. The summed E-state index contributed by atoms with van der Waals surface area (Å²) < 4.78 is 1.21. The van der Waals surface area contributed by atoms with E-state index in [1.165, 1.54) is 33.4 Å². The lowest BCUT2D eigenvalue weighted by Crippen LogP contribution is -2.21. The number of halogens is 1. The van der Waals surface area contributed by atoms with Crippen LogP contribution in [0.1, 0.15) is 30.2 Å². The van der Waals surface area contributed by atoms with E-state index in [2.05, 4.69) is 68.8 Å². The quantitative estimate of drug-likeness (QED) is 0.759. The molecule has 1 aromatic heterocycles. The van der Waals surface area contributed by atoms with E-state index in [-0.39, 0.29) is 0 Å². The third kappa shape index (κ3) is 4.09. The van der Waals surface area contributed by atoms with Crippen LogP contribution in [0, 0.1) is 0 Å². The zero-order valence-electron chi connectivity index (χ0n) is 12.3. The van der Waals surface area contributed by atoms with Gasteiger partial charge in [-0.3, -0.25) is 0 Å². The van der Waals surface area contributed by atoms with Gasteiger partial charge in [-0.25, -0.2) is 0 Å². The second kappa shape index (κ2) is 6.95. The van der Waals surface area contributed by atoms with Gasteiger partial charge in [0.25, 0.3) is 0 Å². The van der Waals surface area contributed by atoms with Crippen LogP contribution in [0.3, 0.4) is 0 Å². The van der Waals surface area contributed by atoms with Crippen LogP contribution in [0.25, 0.3) is 0 Å². The molecule has 0 radical (unpaired) electrons. The first-order chi connectivity index (χ1) is 10.3. The predicted molar refractivity (Wildman–Crippen MR) is 95.0 cm³/mol. The van der Waals surface area contributed by atoms with Crippen molar-refractivity contribution in [1.82, 2.24) is 5.32 Å². The van der Waals surface area contributed by atoms with Crippen LogP contribution < -0.4 is 10.2 Å². The summed E-state index contributed by atoms with van der Waals surface area (Å²) in [5, 5.41) is 5.72. The van der Waals surface area contributed by atoms with Crippen LogP contribution in [-0.2, 0) is 13.1 Å². The summed E-state index contributed by atoms with van der Waals surface area (Å²) in [4.78, 5) is 3.82. The van der Waals surface area contributed by atoms with Crippen molar-refractivity contribution in [2.75, 3.05) is 11.4 Å². The van der Waals surface area contributed by atoms with Gasteiger partial charge in [-0.1, -0.05) is 28.1 Å². The van der Waals surface area contributed by atoms with Crippen molar-refractivity contribution in [1.29, 1.82) is 0 Å². The Kier molecular flexibility index (Phi) is 4.99. The van der Waals surface area contributed by atoms with Crippen LogP contribution in [0.15, 0.2) is 40.2 Å². The minimum absolute atomic E-state index is 0.752. The molecule has 1 heterocycles. The highest BCUT2D eigenvalue weighted by Crippen LogP contribution is 2.27. The number of hydrogen-bond acceptors (Lipinski definition) is 3. The van der Waals surface area contributed by atoms with Gasteiger partial charge in [0, 0.05) is 34.2 Å². The number of benzene rings is 1. The highest BCUT2D eigenvalue weighted by Gasteiger charge is 2.20. The normalized spacial score (nSPS) is 14.4. The van der Waals surface area contributed by atoms with E-state index < -0.39 is 0 Å². The number of thiophene rings is 1. The summed E-state index contributed by atoms with van der Waals surface area (Å²) in [5.41, 5.74) is 2.63. The third-order valence-electron chi connectivity index (χ3n) is 3.87. The van der Waals surface area contributed by atoms with Gasteiger partial charge in [0.2, 0.25) is 0 Å². The summed E-state index contributed by atoms with van der Waals surface area (Å²) in [5.74, 6) is 0. The summed E-state index contributed by atoms with van der Waals surface area (Å²) in [7, 11) is 0. The fourth-order valence-electron chi connectivity index (χ4n) is 2.39. The standard InChI is InChI=1S/C17H21BrN2S/c1-2-20(12-16-4-3-9-21-16)15-8-5-13(17(18)10-15)11-19-14-6-7-14/h3-5,8-10,14,19H,2,6-7,11-12H2,1H3. The molecule has 1 N–H and O–H groups in total. The molecule has 1 fully saturated rings. The zero-order valence-corrected chi connectivity index (χ0v) is 14.7. The fourth-order valence-corrected chi connectivity index (χ4v) is 3.62. The number of nitrogens with zero attached hydrogens (tertiary/aromatic N) is 1. The highest BCUT2D eigenvalue weighted by molar-refractivity contribution is 9.10. The monoisotopic (exact) mass is 364 g/mol. The van der Waals surface area contributed by atoms with Crippen LogP contribution >= 0.6 is 27.3 Å². The van der Waals surface area contributed by atoms with E-state index in [9.17, 15) is 0 Å². The Morgan fingerprint density at radius 3 is 2.81 bits per heavy atom. The van der Waals surface area contributed by atoms with E-state index in [4.69, 9.17) is 0 Å².